The third-order valence-electron chi connectivity index (χ3n) is 4.30. The van der Waals surface area contributed by atoms with Crippen LogP contribution in [0.5, 0.6) is 5.88 Å². The highest BCUT2D eigenvalue weighted by molar-refractivity contribution is 7.17. The van der Waals surface area contributed by atoms with Gasteiger partial charge in [-0.15, -0.1) is 11.3 Å². The average molecular weight is 291 g/mol. The van der Waals surface area contributed by atoms with Gasteiger partial charge in [-0.3, -0.25) is 0 Å². The smallest absolute Gasteiger partial charge is 0.234 e. The van der Waals surface area contributed by atoms with Gasteiger partial charge in [0.05, 0.1) is 12.1 Å². The first-order valence-electron chi connectivity index (χ1n) is 7.31. The summed E-state index contributed by atoms with van der Waals surface area (Å²) in [6.07, 6.45) is 6.65. The molecular formula is C15H21N3OS. The Morgan fingerprint density at radius 3 is 2.90 bits per heavy atom. The summed E-state index contributed by atoms with van der Waals surface area (Å²) in [4.78, 5) is 8.63. The van der Waals surface area contributed by atoms with Gasteiger partial charge >= 0.3 is 0 Å². The molecule has 0 aliphatic heterocycles. The van der Waals surface area contributed by atoms with Crippen LogP contribution in [-0.2, 0) is 0 Å². The molecule has 2 heterocycles. The van der Waals surface area contributed by atoms with Crippen molar-refractivity contribution in [2.24, 2.45) is 17.6 Å². The molecule has 1 saturated carbocycles. The predicted octanol–water partition coefficient (Wildman–Crippen LogP) is 3.14. The zero-order chi connectivity index (χ0) is 13.9. The lowest BCUT2D eigenvalue weighted by molar-refractivity contribution is 0.151. The van der Waals surface area contributed by atoms with Crippen LogP contribution in [0.4, 0.5) is 0 Å². The summed E-state index contributed by atoms with van der Waals surface area (Å²) in [5.41, 5.74) is 8.08. The van der Waals surface area contributed by atoms with E-state index in [0.29, 0.717) is 11.8 Å². The van der Waals surface area contributed by atoms with Crippen molar-refractivity contribution in [2.75, 3.05) is 13.2 Å². The molecule has 0 bridgehead atoms. The van der Waals surface area contributed by atoms with Crippen LogP contribution in [0.3, 0.4) is 0 Å². The molecule has 1 aliphatic carbocycles. The minimum atomic E-state index is 0.569. The fourth-order valence-corrected chi connectivity index (χ4v) is 3.99. The second-order valence-electron chi connectivity index (χ2n) is 5.63. The lowest BCUT2D eigenvalue weighted by Gasteiger charge is -2.30. The Morgan fingerprint density at radius 1 is 1.30 bits per heavy atom. The molecular weight excluding hydrogens is 270 g/mol. The van der Waals surface area contributed by atoms with E-state index in [0.717, 1.165) is 29.2 Å². The molecule has 3 rings (SSSR count). The van der Waals surface area contributed by atoms with Crippen LogP contribution in [0.15, 0.2) is 11.7 Å². The van der Waals surface area contributed by atoms with Crippen LogP contribution in [0.2, 0.25) is 0 Å². The van der Waals surface area contributed by atoms with E-state index >= 15 is 0 Å². The van der Waals surface area contributed by atoms with Gasteiger partial charge in [-0.2, -0.15) is 0 Å². The minimum absolute atomic E-state index is 0.569. The second kappa shape index (κ2) is 6.06. The summed E-state index contributed by atoms with van der Waals surface area (Å²) in [6, 6.07) is 0. The fraction of sp³-hybridized carbons (Fsp3) is 0.600. The zero-order valence-corrected chi connectivity index (χ0v) is 12.7. The summed E-state index contributed by atoms with van der Waals surface area (Å²) in [7, 11) is 0. The van der Waals surface area contributed by atoms with Crippen molar-refractivity contribution < 1.29 is 4.74 Å². The van der Waals surface area contributed by atoms with Crippen molar-refractivity contribution >= 4 is 21.6 Å². The van der Waals surface area contributed by atoms with E-state index in [-0.39, 0.29) is 0 Å². The van der Waals surface area contributed by atoms with E-state index in [2.05, 4.69) is 22.3 Å². The highest BCUT2D eigenvalue weighted by Gasteiger charge is 2.25. The molecule has 0 radical (unpaired) electrons. The van der Waals surface area contributed by atoms with Gasteiger partial charge in [0, 0.05) is 0 Å². The number of thiophene rings is 1. The van der Waals surface area contributed by atoms with Crippen molar-refractivity contribution in [3.8, 4) is 5.88 Å². The average Bonchev–Trinajstić information content (AvgIpc) is 2.88. The first-order valence-corrected chi connectivity index (χ1v) is 8.19. The SMILES string of the molecule is Cc1csc2c(OCC3CCCCC3CN)ncnc12. The summed E-state index contributed by atoms with van der Waals surface area (Å²) >= 11 is 1.66. The van der Waals surface area contributed by atoms with Gasteiger partial charge < -0.3 is 10.5 Å². The summed E-state index contributed by atoms with van der Waals surface area (Å²) in [5.74, 6) is 1.90. The maximum atomic E-state index is 6.01. The Kier molecular flexibility index (Phi) is 4.17. The number of aryl methyl sites for hydroxylation is 1. The van der Waals surface area contributed by atoms with Crippen molar-refractivity contribution in [1.82, 2.24) is 9.97 Å². The van der Waals surface area contributed by atoms with Crippen molar-refractivity contribution in [2.45, 2.75) is 32.6 Å². The topological polar surface area (TPSA) is 61.0 Å². The number of ether oxygens (including phenoxy) is 1. The van der Waals surface area contributed by atoms with Crippen LogP contribution >= 0.6 is 11.3 Å². The van der Waals surface area contributed by atoms with Gasteiger partial charge in [-0.1, -0.05) is 12.8 Å². The molecule has 1 fully saturated rings. The normalized spacial score (nSPS) is 23.1. The number of nitrogens with two attached hydrogens (primary N) is 1. The fourth-order valence-electron chi connectivity index (χ4n) is 3.05. The first kappa shape index (κ1) is 13.8. The van der Waals surface area contributed by atoms with E-state index < -0.39 is 0 Å². The molecule has 20 heavy (non-hydrogen) atoms. The zero-order valence-electron chi connectivity index (χ0n) is 11.8. The number of hydrogen-bond donors (Lipinski definition) is 1. The number of aromatic nitrogens is 2. The Bertz CT molecular complexity index is 584. The highest BCUT2D eigenvalue weighted by atomic mass is 32.1. The molecule has 2 aromatic heterocycles. The maximum Gasteiger partial charge on any atom is 0.234 e. The molecule has 2 atom stereocenters. The third kappa shape index (κ3) is 2.65. The largest absolute Gasteiger partial charge is 0.476 e. The standard InChI is InChI=1S/C15H21N3OS/c1-10-8-20-14-13(10)17-9-18-15(14)19-7-12-5-3-2-4-11(12)6-16/h8-9,11-12H,2-7,16H2,1H3. The molecule has 0 amide bonds. The van der Waals surface area contributed by atoms with E-state index in [1.807, 2.05) is 0 Å². The van der Waals surface area contributed by atoms with Gasteiger partial charge in [-0.25, -0.2) is 9.97 Å². The van der Waals surface area contributed by atoms with Gasteiger partial charge in [-0.05, 0) is 49.1 Å². The van der Waals surface area contributed by atoms with E-state index in [1.54, 1.807) is 17.7 Å². The van der Waals surface area contributed by atoms with Crippen LogP contribution < -0.4 is 10.5 Å². The van der Waals surface area contributed by atoms with Gasteiger partial charge in [0.25, 0.3) is 0 Å². The summed E-state index contributed by atoms with van der Waals surface area (Å²) < 4.78 is 7.07. The Balaban J connectivity index is 1.73. The Hall–Kier alpha value is -1.20. The molecule has 2 unspecified atom stereocenters. The molecule has 108 valence electrons. The van der Waals surface area contributed by atoms with Crippen molar-refractivity contribution in [3.63, 3.8) is 0 Å². The van der Waals surface area contributed by atoms with Crippen LogP contribution in [-0.4, -0.2) is 23.1 Å². The van der Waals surface area contributed by atoms with Crippen LogP contribution in [0, 0.1) is 18.8 Å². The summed E-state index contributed by atoms with van der Waals surface area (Å²) in [6.45, 7) is 3.57. The van der Waals surface area contributed by atoms with Crippen LogP contribution in [0.25, 0.3) is 10.2 Å². The van der Waals surface area contributed by atoms with E-state index in [9.17, 15) is 0 Å². The molecule has 2 aromatic rings. The van der Waals surface area contributed by atoms with E-state index in [1.165, 1.54) is 31.2 Å². The van der Waals surface area contributed by atoms with E-state index in [4.69, 9.17) is 10.5 Å². The van der Waals surface area contributed by atoms with Gasteiger partial charge in [0.1, 0.15) is 11.0 Å². The van der Waals surface area contributed by atoms with Gasteiger partial charge in [0.15, 0.2) is 0 Å². The molecule has 4 nitrogen and oxygen atoms in total. The minimum Gasteiger partial charge on any atom is -0.476 e. The Morgan fingerprint density at radius 2 is 2.10 bits per heavy atom. The quantitative estimate of drug-likeness (QED) is 0.940. The number of nitrogens with zero attached hydrogens (tertiary/aromatic N) is 2. The van der Waals surface area contributed by atoms with Crippen molar-refractivity contribution in [3.05, 3.63) is 17.3 Å². The molecule has 5 heteroatoms. The molecule has 0 spiro atoms. The van der Waals surface area contributed by atoms with Gasteiger partial charge in [0.2, 0.25) is 5.88 Å². The predicted molar refractivity (Wildman–Crippen MR) is 82.1 cm³/mol. The molecule has 2 N–H and O–H groups in total. The lowest BCUT2D eigenvalue weighted by Crippen LogP contribution is -2.30. The third-order valence-corrected chi connectivity index (χ3v) is 5.38. The summed E-state index contributed by atoms with van der Waals surface area (Å²) in [5, 5.41) is 2.11. The number of fused-ring (bicyclic) bond motifs is 1. The molecule has 0 saturated heterocycles. The lowest BCUT2D eigenvalue weighted by atomic mass is 9.80. The second-order valence-corrected chi connectivity index (χ2v) is 6.51. The van der Waals surface area contributed by atoms with Crippen LogP contribution in [0.1, 0.15) is 31.2 Å². The molecule has 1 aliphatic rings. The van der Waals surface area contributed by atoms with Crippen molar-refractivity contribution in [1.29, 1.82) is 0 Å². The Labute approximate surface area is 123 Å². The first-order chi connectivity index (χ1) is 9.79. The monoisotopic (exact) mass is 291 g/mol. The maximum absolute atomic E-state index is 6.01. The molecule has 0 aromatic carbocycles. The number of rotatable bonds is 4. The highest BCUT2D eigenvalue weighted by Crippen LogP contribution is 2.33. The number of hydrogen-bond acceptors (Lipinski definition) is 5.